The van der Waals surface area contributed by atoms with Gasteiger partial charge in [-0.05, 0) is 17.5 Å². The van der Waals surface area contributed by atoms with E-state index in [9.17, 15) is 14.7 Å². The first kappa shape index (κ1) is 15.1. The number of rotatable bonds is 3. The van der Waals surface area contributed by atoms with Crippen LogP contribution in [-0.4, -0.2) is 24.0 Å². The molecule has 0 bridgehead atoms. The van der Waals surface area contributed by atoms with Gasteiger partial charge in [-0.15, -0.1) is 0 Å². The van der Waals surface area contributed by atoms with Gasteiger partial charge in [-0.1, -0.05) is 20.8 Å². The molecule has 0 aliphatic carbocycles. The van der Waals surface area contributed by atoms with Gasteiger partial charge in [0, 0.05) is 17.9 Å². The van der Waals surface area contributed by atoms with Crippen LogP contribution in [0.2, 0.25) is 0 Å². The van der Waals surface area contributed by atoms with Gasteiger partial charge >= 0.3 is 5.97 Å². The number of hydrogen-bond acceptors (Lipinski definition) is 4. The summed E-state index contributed by atoms with van der Waals surface area (Å²) in [6, 6.07) is 3.00. The third-order valence-electron chi connectivity index (χ3n) is 3.32. The Bertz CT molecular complexity index is 731. The van der Waals surface area contributed by atoms with E-state index in [0.29, 0.717) is 22.3 Å². The summed E-state index contributed by atoms with van der Waals surface area (Å²) in [6.07, 6.45) is 0. The van der Waals surface area contributed by atoms with E-state index >= 15 is 0 Å². The molecule has 1 N–H and O–H groups in total. The third-order valence-corrected chi connectivity index (χ3v) is 3.32. The van der Waals surface area contributed by atoms with E-state index in [1.54, 1.807) is 0 Å². The first-order valence-corrected chi connectivity index (χ1v) is 6.56. The lowest BCUT2D eigenvalue weighted by atomic mass is 9.83. The predicted molar refractivity (Wildman–Crippen MR) is 78.4 cm³/mol. The minimum Gasteiger partial charge on any atom is -0.493 e. The summed E-state index contributed by atoms with van der Waals surface area (Å²) >= 11 is 0. The van der Waals surface area contributed by atoms with Gasteiger partial charge in [0.1, 0.15) is 0 Å². The number of carboxylic acid groups (broad SMARTS) is 1. The van der Waals surface area contributed by atoms with Crippen molar-refractivity contribution in [1.82, 2.24) is 0 Å². The van der Waals surface area contributed by atoms with E-state index in [-0.39, 0.29) is 17.1 Å². The van der Waals surface area contributed by atoms with E-state index in [4.69, 9.17) is 9.15 Å². The second kappa shape index (κ2) is 4.91. The Morgan fingerprint density at radius 2 is 1.86 bits per heavy atom. The van der Waals surface area contributed by atoms with Crippen LogP contribution in [0, 0.1) is 0 Å². The normalized spacial score (nSPS) is 11.7. The van der Waals surface area contributed by atoms with Gasteiger partial charge < -0.3 is 14.3 Å². The molecule has 1 aromatic heterocycles. The van der Waals surface area contributed by atoms with Crippen molar-refractivity contribution in [2.75, 3.05) is 7.11 Å². The molecule has 0 saturated carbocycles. The second-order valence-corrected chi connectivity index (χ2v) is 5.94. The molecular weight excluding hydrogens is 272 g/mol. The zero-order valence-electron chi connectivity index (χ0n) is 12.7. The number of furan rings is 1. The molecule has 0 unspecified atom stereocenters. The average Bonchev–Trinajstić information content (AvgIpc) is 2.77. The maximum Gasteiger partial charge on any atom is 0.336 e. The SMILES string of the molecule is COc1ccc(C(=O)O)c2c(C(C)(C)C)c(C(C)=O)oc12. The van der Waals surface area contributed by atoms with Crippen LogP contribution in [0.25, 0.3) is 11.0 Å². The van der Waals surface area contributed by atoms with Crippen molar-refractivity contribution in [1.29, 1.82) is 0 Å². The molecule has 21 heavy (non-hydrogen) atoms. The summed E-state index contributed by atoms with van der Waals surface area (Å²) in [5.74, 6) is -0.712. The Balaban J connectivity index is 3.05. The second-order valence-electron chi connectivity index (χ2n) is 5.94. The maximum atomic E-state index is 11.9. The number of hydrogen-bond donors (Lipinski definition) is 1. The first-order valence-electron chi connectivity index (χ1n) is 6.56. The number of aromatic carboxylic acids is 1. The number of Topliss-reactive ketones (excluding diaryl/α,β-unsaturated/α-hetero) is 1. The highest BCUT2D eigenvalue weighted by molar-refractivity contribution is 6.09. The lowest BCUT2D eigenvalue weighted by Crippen LogP contribution is -2.15. The highest BCUT2D eigenvalue weighted by Gasteiger charge is 2.31. The standard InChI is InChI=1S/C16H18O5/c1-8(17)13-12(16(2,3)4)11-9(15(18)19)6-7-10(20-5)14(11)21-13/h6-7H,1-5H3,(H,18,19). The molecule has 0 aliphatic rings. The quantitative estimate of drug-likeness (QED) is 0.873. The fourth-order valence-corrected chi connectivity index (χ4v) is 2.48. The Kier molecular flexibility index (Phi) is 3.53. The average molecular weight is 290 g/mol. The van der Waals surface area contributed by atoms with Gasteiger partial charge in [0.2, 0.25) is 0 Å². The van der Waals surface area contributed by atoms with Gasteiger partial charge in [0.15, 0.2) is 22.9 Å². The summed E-state index contributed by atoms with van der Waals surface area (Å²) in [4.78, 5) is 23.4. The molecule has 5 heteroatoms. The molecule has 1 heterocycles. The molecule has 0 atom stereocenters. The number of ether oxygens (including phenoxy) is 1. The number of carbonyl (C=O) groups excluding carboxylic acids is 1. The molecule has 0 saturated heterocycles. The van der Waals surface area contributed by atoms with Crippen molar-refractivity contribution in [3.8, 4) is 5.75 Å². The summed E-state index contributed by atoms with van der Waals surface area (Å²) in [5.41, 5.74) is 0.559. The predicted octanol–water partition coefficient (Wildman–Crippen LogP) is 3.64. The Labute approximate surface area is 122 Å². The van der Waals surface area contributed by atoms with Crippen molar-refractivity contribution >= 4 is 22.7 Å². The van der Waals surface area contributed by atoms with E-state index in [1.165, 1.54) is 26.2 Å². The van der Waals surface area contributed by atoms with E-state index < -0.39 is 11.4 Å². The molecular formula is C16H18O5. The minimum absolute atomic E-state index is 0.104. The molecule has 0 spiro atoms. The van der Waals surface area contributed by atoms with Crippen molar-refractivity contribution in [3.63, 3.8) is 0 Å². The Hall–Kier alpha value is -2.30. The number of ketones is 1. The lowest BCUT2D eigenvalue weighted by Gasteiger charge is -2.19. The van der Waals surface area contributed by atoms with Crippen molar-refractivity contribution < 1.29 is 23.8 Å². The van der Waals surface area contributed by atoms with Crippen LogP contribution in [0.15, 0.2) is 16.5 Å². The molecule has 0 aliphatic heterocycles. The molecule has 1 aromatic carbocycles. The summed E-state index contributed by atoms with van der Waals surface area (Å²) in [5, 5.41) is 9.85. The zero-order valence-corrected chi connectivity index (χ0v) is 12.7. The Morgan fingerprint density at radius 1 is 1.24 bits per heavy atom. The zero-order chi connectivity index (χ0) is 15.9. The molecule has 112 valence electrons. The number of fused-ring (bicyclic) bond motifs is 1. The Morgan fingerprint density at radius 3 is 2.29 bits per heavy atom. The fourth-order valence-electron chi connectivity index (χ4n) is 2.48. The lowest BCUT2D eigenvalue weighted by molar-refractivity contribution is 0.0698. The molecule has 2 rings (SSSR count). The molecule has 0 fully saturated rings. The first-order chi connectivity index (χ1) is 9.68. The third kappa shape index (κ3) is 2.39. The van der Waals surface area contributed by atoms with Crippen LogP contribution in [0.1, 0.15) is 54.2 Å². The van der Waals surface area contributed by atoms with E-state index in [2.05, 4.69) is 0 Å². The molecule has 0 radical (unpaired) electrons. The van der Waals surface area contributed by atoms with Gasteiger partial charge in [0.05, 0.1) is 12.7 Å². The van der Waals surface area contributed by atoms with Gasteiger partial charge in [-0.3, -0.25) is 4.79 Å². The summed E-state index contributed by atoms with van der Waals surface area (Å²) in [7, 11) is 1.47. The van der Waals surface area contributed by atoms with Crippen LogP contribution in [0.4, 0.5) is 0 Å². The van der Waals surface area contributed by atoms with Gasteiger partial charge in [-0.2, -0.15) is 0 Å². The van der Waals surface area contributed by atoms with Crippen LogP contribution in [0.3, 0.4) is 0 Å². The van der Waals surface area contributed by atoms with Crippen molar-refractivity contribution in [2.45, 2.75) is 33.1 Å². The monoisotopic (exact) mass is 290 g/mol. The summed E-state index contributed by atoms with van der Waals surface area (Å²) < 4.78 is 10.9. The van der Waals surface area contributed by atoms with Crippen molar-refractivity contribution in [2.24, 2.45) is 0 Å². The smallest absolute Gasteiger partial charge is 0.336 e. The summed E-state index contributed by atoms with van der Waals surface area (Å²) in [6.45, 7) is 7.14. The number of benzene rings is 1. The largest absolute Gasteiger partial charge is 0.493 e. The fraction of sp³-hybridized carbons (Fsp3) is 0.375. The number of carbonyl (C=O) groups is 2. The highest BCUT2D eigenvalue weighted by Crippen LogP contribution is 2.41. The molecule has 0 amide bonds. The van der Waals surface area contributed by atoms with Crippen LogP contribution in [0.5, 0.6) is 5.75 Å². The maximum absolute atomic E-state index is 11.9. The van der Waals surface area contributed by atoms with Crippen LogP contribution in [-0.2, 0) is 5.41 Å². The van der Waals surface area contributed by atoms with Crippen LogP contribution >= 0.6 is 0 Å². The van der Waals surface area contributed by atoms with Gasteiger partial charge in [0.25, 0.3) is 0 Å². The molecule has 2 aromatic rings. The minimum atomic E-state index is -1.07. The highest BCUT2D eigenvalue weighted by atomic mass is 16.5. The van der Waals surface area contributed by atoms with E-state index in [0.717, 1.165) is 0 Å². The number of methoxy groups -OCH3 is 1. The van der Waals surface area contributed by atoms with Gasteiger partial charge in [-0.25, -0.2) is 4.79 Å². The van der Waals surface area contributed by atoms with Crippen molar-refractivity contribution in [3.05, 3.63) is 29.0 Å². The topological polar surface area (TPSA) is 76.7 Å². The van der Waals surface area contributed by atoms with Crippen LogP contribution < -0.4 is 4.74 Å². The number of carboxylic acids is 1. The molecule has 5 nitrogen and oxygen atoms in total. The van der Waals surface area contributed by atoms with E-state index in [1.807, 2.05) is 20.8 Å².